The molecule has 2 N–H and O–H groups in total. The molecular weight excluding hydrogens is 268 g/mol. The molecule has 0 bridgehead atoms. The normalized spacial score (nSPS) is 10.8. The smallest absolute Gasteiger partial charge is 0.266 e. The van der Waals surface area contributed by atoms with Gasteiger partial charge in [0.2, 0.25) is 0 Å². The van der Waals surface area contributed by atoms with Crippen molar-refractivity contribution in [2.45, 2.75) is 20.8 Å². The quantitative estimate of drug-likeness (QED) is 0.869. The fourth-order valence-electron chi connectivity index (χ4n) is 2.23. The summed E-state index contributed by atoms with van der Waals surface area (Å²) in [6.45, 7) is 11.0. The lowest BCUT2D eigenvalue weighted by molar-refractivity contribution is 0.0784. The molecule has 0 spiro atoms. The summed E-state index contributed by atoms with van der Waals surface area (Å²) >= 11 is 1.48. The first-order valence-electron chi connectivity index (χ1n) is 6.67. The number of carbonyl (C=O) groups is 1. The zero-order chi connectivity index (χ0) is 14.9. The van der Waals surface area contributed by atoms with Gasteiger partial charge in [-0.1, -0.05) is 30.4 Å². The fraction of sp³-hybridized carbons (Fsp3) is 0.312. The van der Waals surface area contributed by atoms with E-state index in [1.807, 2.05) is 39.0 Å². The molecule has 1 aromatic carbocycles. The van der Waals surface area contributed by atoms with Crippen LogP contribution in [0.1, 0.15) is 29.1 Å². The van der Waals surface area contributed by atoms with Gasteiger partial charge in [0.05, 0.1) is 5.69 Å². The second-order valence-corrected chi connectivity index (χ2v) is 6.09. The molecule has 0 aliphatic carbocycles. The number of amides is 1. The second-order valence-electron chi connectivity index (χ2n) is 5.07. The number of nitrogens with two attached hydrogens (primary N) is 1. The van der Waals surface area contributed by atoms with Gasteiger partial charge < -0.3 is 10.6 Å². The summed E-state index contributed by atoms with van der Waals surface area (Å²) in [5.41, 5.74) is 8.89. The standard InChI is InChI=1S/C16H20N2OS/c1-5-18(9-10(2)3)16(19)15-13(17)12-8-6-7-11(4)14(12)20-15/h6-8H,2,5,9,17H2,1,3-4H3. The molecule has 0 saturated heterocycles. The Bertz CT molecular complexity index is 672. The SMILES string of the molecule is C=C(C)CN(CC)C(=O)c1sc2c(C)cccc2c1N. The van der Waals surface area contributed by atoms with E-state index in [4.69, 9.17) is 5.73 Å². The van der Waals surface area contributed by atoms with Crippen LogP contribution in [0, 0.1) is 6.92 Å². The molecule has 0 atom stereocenters. The van der Waals surface area contributed by atoms with Crippen LogP contribution in [0.4, 0.5) is 5.69 Å². The Morgan fingerprint density at radius 3 is 2.70 bits per heavy atom. The van der Waals surface area contributed by atoms with Crippen molar-refractivity contribution < 1.29 is 4.79 Å². The number of thiophene rings is 1. The highest BCUT2D eigenvalue weighted by atomic mass is 32.1. The molecule has 1 amide bonds. The largest absolute Gasteiger partial charge is 0.397 e. The maximum atomic E-state index is 12.6. The second kappa shape index (κ2) is 5.67. The molecule has 0 saturated carbocycles. The first-order valence-corrected chi connectivity index (χ1v) is 7.48. The molecule has 0 aliphatic heterocycles. The molecule has 0 aliphatic rings. The monoisotopic (exact) mass is 288 g/mol. The number of benzene rings is 1. The summed E-state index contributed by atoms with van der Waals surface area (Å²) in [6.07, 6.45) is 0. The highest BCUT2D eigenvalue weighted by Gasteiger charge is 2.21. The number of nitrogens with zero attached hydrogens (tertiary/aromatic N) is 1. The maximum Gasteiger partial charge on any atom is 0.266 e. The maximum absolute atomic E-state index is 12.6. The molecule has 4 heteroatoms. The van der Waals surface area contributed by atoms with Crippen LogP contribution in [0.3, 0.4) is 0 Å². The molecule has 1 aromatic heterocycles. The number of likely N-dealkylation sites (N-methyl/N-ethyl adjacent to an activating group) is 1. The Hall–Kier alpha value is -1.81. The van der Waals surface area contributed by atoms with Gasteiger partial charge >= 0.3 is 0 Å². The molecule has 20 heavy (non-hydrogen) atoms. The lowest BCUT2D eigenvalue weighted by Crippen LogP contribution is -2.32. The van der Waals surface area contributed by atoms with E-state index in [-0.39, 0.29) is 5.91 Å². The van der Waals surface area contributed by atoms with Crippen LogP contribution in [0.5, 0.6) is 0 Å². The summed E-state index contributed by atoms with van der Waals surface area (Å²) in [5.74, 6) is -0.00593. The van der Waals surface area contributed by atoms with Crippen molar-refractivity contribution in [1.29, 1.82) is 0 Å². The van der Waals surface area contributed by atoms with Crippen LogP contribution in [-0.4, -0.2) is 23.9 Å². The molecule has 106 valence electrons. The van der Waals surface area contributed by atoms with E-state index >= 15 is 0 Å². The number of anilines is 1. The van der Waals surface area contributed by atoms with Crippen LogP contribution in [0.2, 0.25) is 0 Å². The van der Waals surface area contributed by atoms with Gasteiger partial charge in [-0.15, -0.1) is 11.3 Å². The molecule has 2 aromatic rings. The van der Waals surface area contributed by atoms with E-state index < -0.39 is 0 Å². The predicted octanol–water partition coefficient (Wildman–Crippen LogP) is 3.83. The lowest BCUT2D eigenvalue weighted by atomic mass is 10.1. The van der Waals surface area contributed by atoms with Gasteiger partial charge in [0.1, 0.15) is 4.88 Å². The zero-order valence-corrected chi connectivity index (χ0v) is 13.0. The van der Waals surface area contributed by atoms with Crippen molar-refractivity contribution in [2.75, 3.05) is 18.8 Å². The van der Waals surface area contributed by atoms with E-state index in [0.717, 1.165) is 21.2 Å². The Kier molecular flexibility index (Phi) is 4.14. The molecular formula is C16H20N2OS. The Balaban J connectivity index is 2.47. The topological polar surface area (TPSA) is 46.3 Å². The number of nitrogen functional groups attached to an aromatic ring is 1. The number of aryl methyl sites for hydroxylation is 1. The average Bonchev–Trinajstić information content (AvgIpc) is 2.74. The molecule has 1 heterocycles. The molecule has 3 nitrogen and oxygen atoms in total. The minimum atomic E-state index is -0.00593. The van der Waals surface area contributed by atoms with Crippen molar-refractivity contribution in [2.24, 2.45) is 0 Å². The summed E-state index contributed by atoms with van der Waals surface area (Å²) < 4.78 is 1.10. The van der Waals surface area contributed by atoms with Gasteiger partial charge in [0.15, 0.2) is 0 Å². The first kappa shape index (κ1) is 14.6. The van der Waals surface area contributed by atoms with Crippen molar-refractivity contribution in [3.8, 4) is 0 Å². The molecule has 0 unspecified atom stereocenters. The summed E-state index contributed by atoms with van der Waals surface area (Å²) in [7, 11) is 0. The van der Waals surface area contributed by atoms with Crippen molar-refractivity contribution in [3.05, 3.63) is 40.8 Å². The highest BCUT2D eigenvalue weighted by Crippen LogP contribution is 2.36. The summed E-state index contributed by atoms with van der Waals surface area (Å²) in [5, 5.41) is 0.977. The number of fused-ring (bicyclic) bond motifs is 1. The highest BCUT2D eigenvalue weighted by molar-refractivity contribution is 7.21. The van der Waals surface area contributed by atoms with Crippen LogP contribution >= 0.6 is 11.3 Å². The number of hydrogen-bond donors (Lipinski definition) is 1. The fourth-order valence-corrected chi connectivity index (χ4v) is 3.39. The Labute approximate surface area is 123 Å². The van der Waals surface area contributed by atoms with Gasteiger partial charge in [0.25, 0.3) is 5.91 Å². The zero-order valence-electron chi connectivity index (χ0n) is 12.2. The minimum absolute atomic E-state index is 0.00593. The summed E-state index contributed by atoms with van der Waals surface area (Å²) in [4.78, 5) is 15.0. The number of rotatable bonds is 4. The summed E-state index contributed by atoms with van der Waals surface area (Å²) in [6, 6.07) is 5.98. The average molecular weight is 288 g/mol. The predicted molar refractivity (Wildman–Crippen MR) is 87.4 cm³/mol. The Morgan fingerprint density at radius 2 is 2.15 bits per heavy atom. The van der Waals surface area contributed by atoms with Crippen LogP contribution in [-0.2, 0) is 0 Å². The van der Waals surface area contributed by atoms with Gasteiger partial charge in [-0.25, -0.2) is 0 Å². The number of hydrogen-bond acceptors (Lipinski definition) is 3. The molecule has 0 radical (unpaired) electrons. The van der Waals surface area contributed by atoms with Crippen LogP contribution in [0.25, 0.3) is 10.1 Å². The van der Waals surface area contributed by atoms with Crippen molar-refractivity contribution in [3.63, 3.8) is 0 Å². The lowest BCUT2D eigenvalue weighted by Gasteiger charge is -2.20. The first-order chi connectivity index (χ1) is 9.45. The van der Waals surface area contributed by atoms with Gasteiger partial charge in [-0.3, -0.25) is 4.79 Å². The van der Waals surface area contributed by atoms with Gasteiger partial charge in [-0.05, 0) is 26.3 Å². The minimum Gasteiger partial charge on any atom is -0.397 e. The van der Waals surface area contributed by atoms with Crippen LogP contribution < -0.4 is 5.73 Å². The van der Waals surface area contributed by atoms with E-state index in [2.05, 4.69) is 6.58 Å². The van der Waals surface area contributed by atoms with E-state index in [0.29, 0.717) is 23.7 Å². The van der Waals surface area contributed by atoms with E-state index in [9.17, 15) is 4.79 Å². The molecule has 0 fully saturated rings. The Morgan fingerprint density at radius 1 is 1.45 bits per heavy atom. The third-order valence-corrected chi connectivity index (χ3v) is 4.62. The van der Waals surface area contributed by atoms with Crippen molar-refractivity contribution >= 4 is 33.0 Å². The van der Waals surface area contributed by atoms with E-state index in [1.165, 1.54) is 11.3 Å². The van der Waals surface area contributed by atoms with E-state index in [1.54, 1.807) is 4.90 Å². The van der Waals surface area contributed by atoms with Crippen LogP contribution in [0.15, 0.2) is 30.4 Å². The van der Waals surface area contributed by atoms with Gasteiger partial charge in [0, 0.05) is 23.2 Å². The molecule has 2 rings (SSSR count). The van der Waals surface area contributed by atoms with Crippen molar-refractivity contribution in [1.82, 2.24) is 4.90 Å². The van der Waals surface area contributed by atoms with Gasteiger partial charge in [-0.2, -0.15) is 0 Å². The third-order valence-electron chi connectivity index (χ3n) is 3.27. The number of carbonyl (C=O) groups excluding carboxylic acids is 1. The third kappa shape index (κ3) is 2.56.